The third-order valence-electron chi connectivity index (χ3n) is 6.01. The minimum absolute atomic E-state index is 0.0668. The van der Waals surface area contributed by atoms with Crippen molar-refractivity contribution < 1.29 is 0 Å². The molecule has 4 nitrogen and oxygen atoms in total. The molecule has 2 aromatic rings. The Morgan fingerprint density at radius 2 is 1.96 bits per heavy atom. The Kier molecular flexibility index (Phi) is 5.57. The number of rotatable bonds is 5. The van der Waals surface area contributed by atoms with Crippen molar-refractivity contribution in [1.29, 1.82) is 0 Å². The summed E-state index contributed by atoms with van der Waals surface area (Å²) in [5.74, 6) is 9.32. The lowest BCUT2D eigenvalue weighted by Crippen LogP contribution is -2.05. The van der Waals surface area contributed by atoms with Crippen LogP contribution in [0, 0.1) is 23.7 Å². The first-order valence-corrected chi connectivity index (χ1v) is 10.5. The maximum atomic E-state index is 4.84. The van der Waals surface area contributed by atoms with Crippen LogP contribution in [0.25, 0.3) is 11.3 Å². The van der Waals surface area contributed by atoms with Crippen LogP contribution in [-0.2, 0) is 13.5 Å². The van der Waals surface area contributed by atoms with Crippen molar-refractivity contribution in [2.75, 3.05) is 0 Å². The van der Waals surface area contributed by atoms with E-state index in [4.69, 9.17) is 4.98 Å². The van der Waals surface area contributed by atoms with E-state index in [1.165, 1.54) is 50.6 Å². The average molecular weight is 363 g/mol. The number of hydrogen-bond acceptors (Lipinski definition) is 3. The van der Waals surface area contributed by atoms with Crippen LogP contribution < -0.4 is 0 Å². The fourth-order valence-corrected chi connectivity index (χ4v) is 4.06. The molecule has 2 aromatic heterocycles. The van der Waals surface area contributed by atoms with Gasteiger partial charge in [-0.05, 0) is 56.9 Å². The summed E-state index contributed by atoms with van der Waals surface area (Å²) in [5.41, 5.74) is 3.42. The molecule has 2 aliphatic carbocycles. The molecule has 4 heteroatoms. The number of aryl methyl sites for hydroxylation is 1. The maximum Gasteiger partial charge on any atom is 0.143 e. The number of aromatic nitrogens is 4. The first-order chi connectivity index (χ1) is 13.2. The third-order valence-corrected chi connectivity index (χ3v) is 6.01. The van der Waals surface area contributed by atoms with Crippen molar-refractivity contribution >= 4 is 0 Å². The van der Waals surface area contributed by atoms with Crippen LogP contribution in [0.5, 0.6) is 0 Å². The summed E-state index contributed by atoms with van der Waals surface area (Å²) in [4.78, 5) is 9.34. The molecule has 2 saturated carbocycles. The van der Waals surface area contributed by atoms with E-state index in [-0.39, 0.29) is 5.92 Å². The molecule has 0 radical (unpaired) electrons. The zero-order valence-electron chi connectivity index (χ0n) is 16.6. The van der Waals surface area contributed by atoms with Gasteiger partial charge in [-0.3, -0.25) is 4.68 Å². The van der Waals surface area contributed by atoms with Gasteiger partial charge in [0.05, 0.1) is 17.8 Å². The van der Waals surface area contributed by atoms with Gasteiger partial charge in [0.25, 0.3) is 0 Å². The highest BCUT2D eigenvalue weighted by atomic mass is 15.3. The van der Waals surface area contributed by atoms with E-state index in [0.29, 0.717) is 0 Å². The first-order valence-electron chi connectivity index (χ1n) is 10.5. The fourth-order valence-electron chi connectivity index (χ4n) is 4.06. The predicted octanol–water partition coefficient (Wildman–Crippen LogP) is 4.91. The molecule has 4 rings (SSSR count). The molecule has 1 unspecified atom stereocenters. The highest BCUT2D eigenvalue weighted by molar-refractivity contribution is 5.61. The van der Waals surface area contributed by atoms with Crippen LogP contribution in [0.15, 0.2) is 18.5 Å². The van der Waals surface area contributed by atoms with E-state index in [9.17, 15) is 0 Å². The lowest BCUT2D eigenvalue weighted by atomic mass is 9.87. The summed E-state index contributed by atoms with van der Waals surface area (Å²) in [7, 11) is 2.03. The van der Waals surface area contributed by atoms with Gasteiger partial charge >= 0.3 is 0 Å². The van der Waals surface area contributed by atoms with Crippen molar-refractivity contribution in [2.24, 2.45) is 18.9 Å². The summed E-state index contributed by atoms with van der Waals surface area (Å²) in [6.45, 7) is 2.11. The van der Waals surface area contributed by atoms with E-state index in [1.54, 1.807) is 0 Å². The maximum absolute atomic E-state index is 4.84. The minimum Gasteiger partial charge on any atom is -0.272 e. The summed E-state index contributed by atoms with van der Waals surface area (Å²) in [6.07, 6.45) is 15.5. The molecular formula is C23H30N4. The quantitative estimate of drug-likeness (QED) is 0.710. The van der Waals surface area contributed by atoms with Gasteiger partial charge in [0, 0.05) is 30.9 Å². The highest BCUT2D eigenvalue weighted by Crippen LogP contribution is 2.35. The largest absolute Gasteiger partial charge is 0.272 e. The van der Waals surface area contributed by atoms with Crippen LogP contribution in [0.1, 0.15) is 75.7 Å². The second-order valence-electron chi connectivity index (χ2n) is 8.33. The smallest absolute Gasteiger partial charge is 0.143 e. The Bertz CT molecular complexity index is 832. The molecule has 0 bridgehead atoms. The third kappa shape index (κ3) is 4.58. The predicted molar refractivity (Wildman–Crippen MR) is 108 cm³/mol. The average Bonchev–Trinajstić information content (AvgIpc) is 3.45. The van der Waals surface area contributed by atoms with Gasteiger partial charge in [-0.25, -0.2) is 9.97 Å². The van der Waals surface area contributed by atoms with E-state index in [1.807, 2.05) is 30.2 Å². The lowest BCUT2D eigenvalue weighted by Gasteiger charge is -2.18. The van der Waals surface area contributed by atoms with E-state index in [0.717, 1.165) is 41.8 Å². The standard InChI is InChI=1S/C23H30N4/c1-17(7-6-10-18-8-4-3-5-9-18)23-24-14-13-21(26-23)20-16-25-27(2)22(20)15-19-11-12-19/h13-14,16-19H,3-5,8-12,15H2,1-2H3. The zero-order valence-corrected chi connectivity index (χ0v) is 16.6. The van der Waals surface area contributed by atoms with Crippen molar-refractivity contribution in [3.63, 3.8) is 0 Å². The molecule has 0 saturated heterocycles. The van der Waals surface area contributed by atoms with E-state index in [2.05, 4.69) is 28.8 Å². The Balaban J connectivity index is 1.47. The lowest BCUT2D eigenvalue weighted by molar-refractivity contribution is 0.365. The molecule has 27 heavy (non-hydrogen) atoms. The molecular weight excluding hydrogens is 332 g/mol. The topological polar surface area (TPSA) is 43.6 Å². The summed E-state index contributed by atoms with van der Waals surface area (Å²) in [6, 6.07) is 2.00. The van der Waals surface area contributed by atoms with Gasteiger partial charge in [0.2, 0.25) is 0 Å². The molecule has 2 fully saturated rings. The van der Waals surface area contributed by atoms with Gasteiger partial charge in [-0.1, -0.05) is 25.2 Å². The van der Waals surface area contributed by atoms with Crippen LogP contribution in [0.3, 0.4) is 0 Å². The van der Waals surface area contributed by atoms with Crippen molar-refractivity contribution in [2.45, 2.75) is 70.6 Å². The van der Waals surface area contributed by atoms with Gasteiger partial charge < -0.3 is 0 Å². The number of nitrogens with zero attached hydrogens (tertiary/aromatic N) is 4. The van der Waals surface area contributed by atoms with E-state index >= 15 is 0 Å². The van der Waals surface area contributed by atoms with Gasteiger partial charge in [0.1, 0.15) is 5.82 Å². The second kappa shape index (κ2) is 8.25. The van der Waals surface area contributed by atoms with E-state index < -0.39 is 0 Å². The minimum atomic E-state index is 0.0668. The van der Waals surface area contributed by atoms with Gasteiger partial charge in [0.15, 0.2) is 0 Å². The molecule has 0 N–H and O–H groups in total. The molecule has 0 aromatic carbocycles. The molecule has 2 heterocycles. The van der Waals surface area contributed by atoms with Crippen LogP contribution in [0.4, 0.5) is 0 Å². The number of hydrogen-bond donors (Lipinski definition) is 0. The van der Waals surface area contributed by atoms with Crippen molar-refractivity contribution in [3.8, 4) is 23.1 Å². The Morgan fingerprint density at radius 3 is 2.74 bits per heavy atom. The second-order valence-corrected chi connectivity index (χ2v) is 8.33. The molecule has 0 spiro atoms. The SMILES string of the molecule is CC(C#CCC1CCCCC1)c1nccc(-c2cnn(C)c2CC2CC2)n1. The Morgan fingerprint density at radius 1 is 1.15 bits per heavy atom. The first kappa shape index (κ1) is 18.2. The summed E-state index contributed by atoms with van der Waals surface area (Å²) in [5, 5.41) is 4.48. The van der Waals surface area contributed by atoms with Crippen LogP contribution in [-0.4, -0.2) is 19.7 Å². The van der Waals surface area contributed by atoms with Gasteiger partial charge in [-0.2, -0.15) is 5.10 Å². The normalized spacial score (nSPS) is 18.7. The van der Waals surface area contributed by atoms with Crippen LogP contribution in [0.2, 0.25) is 0 Å². The zero-order chi connectivity index (χ0) is 18.6. The Labute approximate surface area is 162 Å². The van der Waals surface area contributed by atoms with Crippen molar-refractivity contribution in [3.05, 3.63) is 30.0 Å². The molecule has 1 atom stereocenters. The fraction of sp³-hybridized carbons (Fsp3) is 0.609. The molecule has 2 aliphatic rings. The van der Waals surface area contributed by atoms with Gasteiger partial charge in [-0.15, -0.1) is 5.92 Å². The van der Waals surface area contributed by atoms with Crippen molar-refractivity contribution in [1.82, 2.24) is 19.7 Å². The summed E-state index contributed by atoms with van der Waals surface area (Å²) < 4.78 is 2.00. The summed E-state index contributed by atoms with van der Waals surface area (Å²) >= 11 is 0. The molecule has 0 aliphatic heterocycles. The highest BCUT2D eigenvalue weighted by Gasteiger charge is 2.25. The molecule has 142 valence electrons. The monoisotopic (exact) mass is 362 g/mol. The van der Waals surface area contributed by atoms with Crippen LogP contribution >= 0.6 is 0 Å². The Hall–Kier alpha value is -2.15. The molecule has 0 amide bonds.